The third-order valence-electron chi connectivity index (χ3n) is 6.28. The number of rotatable bonds is 2. The molecule has 0 N–H and O–H groups in total. The topological polar surface area (TPSA) is 62.6 Å². The van der Waals surface area contributed by atoms with Crippen LogP contribution in [-0.4, -0.2) is 45.8 Å². The number of fused-ring (bicyclic) bond motifs is 1. The van der Waals surface area contributed by atoms with Gasteiger partial charge in [-0.05, 0) is 24.6 Å². The van der Waals surface area contributed by atoms with Crippen molar-refractivity contribution in [3.8, 4) is 0 Å². The molecular weight excluding hydrogens is 354 g/mol. The Hall–Kier alpha value is -2.89. The van der Waals surface area contributed by atoms with Gasteiger partial charge < -0.3 is 14.4 Å². The van der Waals surface area contributed by atoms with E-state index in [4.69, 9.17) is 0 Å². The summed E-state index contributed by atoms with van der Waals surface area (Å²) in [5.41, 5.74) is 1.88. The predicted octanol–water partition coefficient (Wildman–Crippen LogP) is 1.99. The van der Waals surface area contributed by atoms with Crippen LogP contribution in [0.25, 0.3) is 0 Å². The van der Waals surface area contributed by atoms with Crippen LogP contribution in [0.3, 0.4) is 0 Å². The lowest BCUT2D eigenvalue weighted by atomic mass is 9.89. The van der Waals surface area contributed by atoms with Crippen LogP contribution in [0.5, 0.6) is 0 Å². The Morgan fingerprint density at radius 2 is 1.71 bits per heavy atom. The molecule has 0 bridgehead atoms. The summed E-state index contributed by atoms with van der Waals surface area (Å²) in [6.07, 6.45) is 0. The Morgan fingerprint density at radius 3 is 2.39 bits per heavy atom. The van der Waals surface area contributed by atoms with E-state index in [0.29, 0.717) is 19.6 Å². The number of hydrogen-bond acceptors (Lipinski definition) is 3. The molecule has 146 valence electrons. The molecular formula is C22H25N3O3. The predicted molar refractivity (Wildman–Crippen MR) is 106 cm³/mol. The second-order valence-corrected chi connectivity index (χ2v) is 7.91. The zero-order valence-electron chi connectivity index (χ0n) is 16.5. The van der Waals surface area contributed by atoms with Crippen LogP contribution in [0.2, 0.25) is 0 Å². The van der Waals surface area contributed by atoms with Crippen LogP contribution in [0.4, 0.5) is 0 Å². The third kappa shape index (κ3) is 2.93. The third-order valence-corrected chi connectivity index (χ3v) is 6.28. The number of likely N-dealkylation sites (tertiary alicyclic amines) is 2. The van der Waals surface area contributed by atoms with E-state index in [0.717, 1.165) is 11.3 Å². The number of carbonyl (C=O) groups excluding carboxylic acids is 2. The van der Waals surface area contributed by atoms with Crippen molar-refractivity contribution in [1.82, 2.24) is 14.4 Å². The van der Waals surface area contributed by atoms with E-state index in [-0.39, 0.29) is 40.8 Å². The molecule has 2 aliphatic heterocycles. The summed E-state index contributed by atoms with van der Waals surface area (Å²) in [5, 5.41) is 0. The minimum Gasteiger partial charge on any atom is -0.338 e. The molecule has 0 radical (unpaired) electrons. The number of pyridine rings is 1. The molecule has 2 amide bonds. The van der Waals surface area contributed by atoms with E-state index in [1.807, 2.05) is 42.2 Å². The van der Waals surface area contributed by atoms with Gasteiger partial charge in [0.1, 0.15) is 5.56 Å². The van der Waals surface area contributed by atoms with Crippen molar-refractivity contribution in [2.24, 2.45) is 18.9 Å². The quantitative estimate of drug-likeness (QED) is 0.802. The Bertz CT molecular complexity index is 982. The average molecular weight is 379 g/mol. The van der Waals surface area contributed by atoms with Crippen molar-refractivity contribution >= 4 is 11.8 Å². The molecule has 0 saturated carbocycles. The highest BCUT2D eigenvalue weighted by Gasteiger charge is 2.49. The number of hydrogen-bond donors (Lipinski definition) is 0. The van der Waals surface area contributed by atoms with Gasteiger partial charge in [-0.3, -0.25) is 14.4 Å². The first-order valence-electron chi connectivity index (χ1n) is 9.66. The first-order chi connectivity index (χ1) is 13.4. The summed E-state index contributed by atoms with van der Waals surface area (Å²) in [6.45, 7) is 5.24. The van der Waals surface area contributed by atoms with E-state index >= 15 is 0 Å². The van der Waals surface area contributed by atoms with Gasteiger partial charge in [0.15, 0.2) is 0 Å². The second-order valence-electron chi connectivity index (χ2n) is 7.91. The van der Waals surface area contributed by atoms with Gasteiger partial charge in [0.05, 0.1) is 6.04 Å². The molecule has 0 unspecified atom stereocenters. The number of aryl methyl sites for hydroxylation is 1. The smallest absolute Gasteiger partial charge is 0.263 e. The average Bonchev–Trinajstić information content (AvgIpc) is 3.24. The van der Waals surface area contributed by atoms with Crippen molar-refractivity contribution in [3.05, 3.63) is 69.6 Å². The summed E-state index contributed by atoms with van der Waals surface area (Å²) in [6, 6.07) is 13.4. The molecule has 2 aromatic rings. The van der Waals surface area contributed by atoms with Gasteiger partial charge in [-0.15, -0.1) is 0 Å². The van der Waals surface area contributed by atoms with Gasteiger partial charge in [-0.2, -0.15) is 0 Å². The maximum absolute atomic E-state index is 13.1. The summed E-state index contributed by atoms with van der Waals surface area (Å²) < 4.78 is 1.51. The lowest BCUT2D eigenvalue weighted by molar-refractivity contribution is -0.130. The van der Waals surface area contributed by atoms with Crippen molar-refractivity contribution in [1.29, 1.82) is 0 Å². The standard InChI is InChI=1S/C22H25N3O3/c1-14-9-10-18(21(27)23(14)3)22(28)24-11-17-12-25(15(2)26)20(19(17)13-24)16-7-5-4-6-8-16/h4-10,17,19-20H,11-13H2,1-3H3/t17-,19-,20-/m1/s1. The highest BCUT2D eigenvalue weighted by Crippen LogP contribution is 2.45. The fourth-order valence-electron chi connectivity index (χ4n) is 4.67. The van der Waals surface area contributed by atoms with Crippen molar-refractivity contribution in [2.75, 3.05) is 19.6 Å². The van der Waals surface area contributed by atoms with E-state index in [2.05, 4.69) is 0 Å². The molecule has 2 fully saturated rings. The number of aromatic nitrogens is 1. The molecule has 1 aromatic heterocycles. The SMILES string of the molecule is CC(=O)N1C[C@H]2CN(C(=O)c3ccc(C)n(C)c3=O)C[C@H]2[C@H]1c1ccccc1. The van der Waals surface area contributed by atoms with Crippen LogP contribution in [0.15, 0.2) is 47.3 Å². The lowest BCUT2D eigenvalue weighted by Crippen LogP contribution is -2.39. The largest absolute Gasteiger partial charge is 0.338 e. The van der Waals surface area contributed by atoms with E-state index in [1.165, 1.54) is 4.57 Å². The maximum atomic E-state index is 13.1. The van der Waals surface area contributed by atoms with Crippen molar-refractivity contribution in [2.45, 2.75) is 19.9 Å². The fraction of sp³-hybridized carbons (Fsp3) is 0.409. The van der Waals surface area contributed by atoms with E-state index < -0.39 is 0 Å². The van der Waals surface area contributed by atoms with Crippen LogP contribution in [0, 0.1) is 18.8 Å². The van der Waals surface area contributed by atoms with Crippen LogP contribution in [-0.2, 0) is 11.8 Å². The van der Waals surface area contributed by atoms with Crippen LogP contribution in [0.1, 0.15) is 34.6 Å². The zero-order valence-corrected chi connectivity index (χ0v) is 16.5. The van der Waals surface area contributed by atoms with Crippen molar-refractivity contribution < 1.29 is 9.59 Å². The minimum absolute atomic E-state index is 0.0256. The normalized spacial score (nSPS) is 23.8. The van der Waals surface area contributed by atoms with Gasteiger partial charge in [0.2, 0.25) is 5.91 Å². The minimum atomic E-state index is -0.257. The number of carbonyl (C=O) groups is 2. The Kier molecular flexibility index (Phi) is 4.57. The maximum Gasteiger partial charge on any atom is 0.263 e. The molecule has 1 aromatic carbocycles. The number of amides is 2. The van der Waals surface area contributed by atoms with E-state index in [1.54, 1.807) is 31.0 Å². The molecule has 0 spiro atoms. The Morgan fingerprint density at radius 1 is 1.00 bits per heavy atom. The number of nitrogens with zero attached hydrogens (tertiary/aromatic N) is 3. The Balaban J connectivity index is 1.61. The zero-order chi connectivity index (χ0) is 20.0. The molecule has 2 aliphatic rings. The first-order valence-corrected chi connectivity index (χ1v) is 9.66. The molecule has 3 heterocycles. The van der Waals surface area contributed by atoms with Gasteiger partial charge in [0, 0.05) is 51.1 Å². The molecule has 3 atom stereocenters. The highest BCUT2D eigenvalue weighted by atomic mass is 16.2. The molecule has 28 heavy (non-hydrogen) atoms. The first kappa shape index (κ1) is 18.5. The van der Waals surface area contributed by atoms with Crippen molar-refractivity contribution in [3.63, 3.8) is 0 Å². The van der Waals surface area contributed by atoms with Gasteiger partial charge in [-0.25, -0.2) is 0 Å². The molecule has 2 saturated heterocycles. The van der Waals surface area contributed by atoms with Crippen LogP contribution >= 0.6 is 0 Å². The summed E-state index contributed by atoms with van der Waals surface area (Å²) in [4.78, 5) is 41.5. The highest BCUT2D eigenvalue weighted by molar-refractivity contribution is 5.94. The van der Waals surface area contributed by atoms with Gasteiger partial charge in [0.25, 0.3) is 11.5 Å². The molecule has 0 aliphatic carbocycles. The second kappa shape index (κ2) is 6.93. The van der Waals surface area contributed by atoms with Gasteiger partial charge in [-0.1, -0.05) is 30.3 Å². The van der Waals surface area contributed by atoms with Gasteiger partial charge >= 0.3 is 0 Å². The molecule has 4 rings (SSSR count). The Labute approximate surface area is 164 Å². The summed E-state index contributed by atoms with van der Waals surface area (Å²) >= 11 is 0. The fourth-order valence-corrected chi connectivity index (χ4v) is 4.67. The lowest BCUT2D eigenvalue weighted by Gasteiger charge is -2.29. The molecule has 6 nitrogen and oxygen atoms in total. The summed E-state index contributed by atoms with van der Waals surface area (Å²) in [7, 11) is 1.68. The monoisotopic (exact) mass is 379 g/mol. The number of benzene rings is 1. The van der Waals surface area contributed by atoms with Crippen LogP contribution < -0.4 is 5.56 Å². The van der Waals surface area contributed by atoms with E-state index in [9.17, 15) is 14.4 Å². The molecule has 6 heteroatoms. The summed E-state index contributed by atoms with van der Waals surface area (Å²) in [5.74, 6) is 0.265.